The first-order valence-electron chi connectivity index (χ1n) is 11.3. The topological polar surface area (TPSA) is 75.7 Å². The Morgan fingerprint density at radius 3 is 2.29 bits per heavy atom. The van der Waals surface area contributed by atoms with Gasteiger partial charge in [0.15, 0.2) is 0 Å². The lowest BCUT2D eigenvalue weighted by Gasteiger charge is -2.22. The summed E-state index contributed by atoms with van der Waals surface area (Å²) in [6, 6.07) is 16.9. The number of carbonyl (C=O) groups excluding carboxylic acids is 1. The molecule has 1 heterocycles. The number of fused-ring (bicyclic) bond motifs is 1. The highest BCUT2D eigenvalue weighted by Gasteiger charge is 2.30. The maximum Gasteiger partial charge on any atom is 0.251 e. The lowest BCUT2D eigenvalue weighted by atomic mass is 10.1. The van der Waals surface area contributed by atoms with Crippen molar-refractivity contribution in [1.82, 2.24) is 9.62 Å². The van der Waals surface area contributed by atoms with Gasteiger partial charge in [-0.3, -0.25) is 4.79 Å². The molecular formula is C27H30N2O4S. The number of sulfonamides is 1. The van der Waals surface area contributed by atoms with Gasteiger partial charge in [-0.2, -0.15) is 4.31 Å². The van der Waals surface area contributed by atoms with E-state index >= 15 is 0 Å². The third-order valence-electron chi connectivity index (χ3n) is 6.04. The molecule has 1 amide bonds. The van der Waals surface area contributed by atoms with Crippen LogP contribution in [0, 0.1) is 27.7 Å². The molecule has 3 aromatic rings. The van der Waals surface area contributed by atoms with Gasteiger partial charge in [-0.15, -0.1) is 0 Å². The van der Waals surface area contributed by atoms with Gasteiger partial charge in [0, 0.05) is 30.8 Å². The quantitative estimate of drug-likeness (QED) is 0.589. The monoisotopic (exact) mass is 478 g/mol. The number of carbonyl (C=O) groups is 1. The predicted molar refractivity (Wildman–Crippen MR) is 133 cm³/mol. The highest BCUT2D eigenvalue weighted by atomic mass is 32.2. The summed E-state index contributed by atoms with van der Waals surface area (Å²) < 4.78 is 34.5. The molecule has 34 heavy (non-hydrogen) atoms. The van der Waals surface area contributed by atoms with Crippen LogP contribution in [0.15, 0.2) is 59.5 Å². The molecule has 178 valence electrons. The first-order valence-corrected chi connectivity index (χ1v) is 12.8. The first kappa shape index (κ1) is 24.0. The van der Waals surface area contributed by atoms with Crippen LogP contribution in [0.3, 0.4) is 0 Å². The SMILES string of the molecule is Cc1ccc(CNC(=O)c2ccc3c(c2)CN(S(=O)(=O)c2c(C)cc(C)cc2C)CCO3)cc1. The minimum Gasteiger partial charge on any atom is -0.492 e. The average molecular weight is 479 g/mol. The molecule has 3 aromatic carbocycles. The van der Waals surface area contributed by atoms with E-state index < -0.39 is 10.0 Å². The molecule has 1 N–H and O–H groups in total. The first-order chi connectivity index (χ1) is 16.1. The number of hydrogen-bond acceptors (Lipinski definition) is 4. The van der Waals surface area contributed by atoms with Gasteiger partial charge in [-0.1, -0.05) is 47.5 Å². The number of benzene rings is 3. The van der Waals surface area contributed by atoms with Crippen molar-refractivity contribution < 1.29 is 17.9 Å². The minimum absolute atomic E-state index is 0.142. The summed E-state index contributed by atoms with van der Waals surface area (Å²) in [7, 11) is -3.74. The highest BCUT2D eigenvalue weighted by Crippen LogP contribution is 2.30. The fraction of sp³-hybridized carbons (Fsp3) is 0.296. The Hall–Kier alpha value is -3.16. The number of rotatable bonds is 5. The summed E-state index contributed by atoms with van der Waals surface area (Å²) in [5.74, 6) is 0.386. The maximum atomic E-state index is 13.6. The summed E-state index contributed by atoms with van der Waals surface area (Å²) in [6.45, 7) is 8.66. The number of aryl methyl sites for hydroxylation is 4. The van der Waals surface area contributed by atoms with E-state index in [1.807, 2.05) is 64.1 Å². The fourth-order valence-corrected chi connectivity index (χ4v) is 6.22. The predicted octanol–water partition coefficient (Wildman–Crippen LogP) is 4.43. The molecule has 0 spiro atoms. The second kappa shape index (κ2) is 9.60. The second-order valence-corrected chi connectivity index (χ2v) is 10.8. The summed E-state index contributed by atoms with van der Waals surface area (Å²) in [5, 5.41) is 2.93. The number of ether oxygens (including phenoxy) is 1. The number of hydrogen-bond donors (Lipinski definition) is 1. The number of nitrogens with zero attached hydrogens (tertiary/aromatic N) is 1. The molecule has 0 saturated heterocycles. The van der Waals surface area contributed by atoms with Crippen LogP contribution in [0.1, 0.15) is 43.7 Å². The Labute approximate surface area is 201 Å². The zero-order valence-corrected chi connectivity index (χ0v) is 20.8. The summed E-state index contributed by atoms with van der Waals surface area (Å²) >= 11 is 0. The molecule has 0 bridgehead atoms. The molecule has 1 aliphatic heterocycles. The molecule has 0 aliphatic carbocycles. The van der Waals surface area contributed by atoms with E-state index in [9.17, 15) is 13.2 Å². The van der Waals surface area contributed by atoms with Crippen molar-refractivity contribution in [3.05, 3.63) is 93.5 Å². The van der Waals surface area contributed by atoms with E-state index in [1.54, 1.807) is 18.2 Å². The van der Waals surface area contributed by atoms with Gasteiger partial charge in [0.25, 0.3) is 5.91 Å². The Morgan fingerprint density at radius 1 is 0.941 bits per heavy atom. The third-order valence-corrected chi connectivity index (χ3v) is 8.20. The zero-order valence-electron chi connectivity index (χ0n) is 20.0. The lowest BCUT2D eigenvalue weighted by Crippen LogP contribution is -2.33. The van der Waals surface area contributed by atoms with Crippen molar-refractivity contribution in [3.8, 4) is 5.75 Å². The molecule has 0 aromatic heterocycles. The van der Waals surface area contributed by atoms with E-state index in [4.69, 9.17) is 4.74 Å². The van der Waals surface area contributed by atoms with E-state index in [0.29, 0.717) is 28.3 Å². The van der Waals surface area contributed by atoms with Gasteiger partial charge in [-0.05, 0) is 62.6 Å². The van der Waals surface area contributed by atoms with Crippen molar-refractivity contribution in [3.63, 3.8) is 0 Å². The highest BCUT2D eigenvalue weighted by molar-refractivity contribution is 7.89. The fourth-order valence-electron chi connectivity index (χ4n) is 4.41. The number of nitrogens with one attached hydrogen (secondary N) is 1. The standard InChI is InChI=1S/C27H30N2O4S/c1-18-5-7-22(8-6-18)16-28-27(30)23-9-10-25-24(15-23)17-29(11-12-33-25)34(31,32)26-20(3)13-19(2)14-21(26)4/h5-10,13-15H,11-12,16-17H2,1-4H3,(H,28,30). The van der Waals surface area contributed by atoms with Crippen LogP contribution in [-0.4, -0.2) is 31.8 Å². The summed E-state index contributed by atoms with van der Waals surface area (Å²) in [5.41, 5.74) is 5.80. The maximum absolute atomic E-state index is 13.6. The molecule has 7 heteroatoms. The van der Waals surface area contributed by atoms with Crippen molar-refractivity contribution in [1.29, 1.82) is 0 Å². The van der Waals surface area contributed by atoms with Crippen molar-refractivity contribution in [2.45, 2.75) is 45.7 Å². The van der Waals surface area contributed by atoms with Gasteiger partial charge in [0.1, 0.15) is 12.4 Å². The van der Waals surface area contributed by atoms with Gasteiger partial charge < -0.3 is 10.1 Å². The Kier molecular flexibility index (Phi) is 6.77. The second-order valence-electron chi connectivity index (χ2n) is 8.91. The van der Waals surface area contributed by atoms with Gasteiger partial charge in [0.05, 0.1) is 4.90 Å². The van der Waals surface area contributed by atoms with Crippen LogP contribution in [0.4, 0.5) is 0 Å². The van der Waals surface area contributed by atoms with Crippen LogP contribution in [0.2, 0.25) is 0 Å². The molecule has 0 atom stereocenters. The van der Waals surface area contributed by atoms with E-state index in [0.717, 1.165) is 27.8 Å². The molecule has 4 rings (SSSR count). The average Bonchev–Trinajstić information content (AvgIpc) is 3.00. The van der Waals surface area contributed by atoms with E-state index in [2.05, 4.69) is 5.32 Å². The molecular weight excluding hydrogens is 448 g/mol. The van der Waals surface area contributed by atoms with Gasteiger partial charge in [-0.25, -0.2) is 8.42 Å². The Balaban J connectivity index is 1.57. The molecule has 0 saturated carbocycles. The lowest BCUT2D eigenvalue weighted by molar-refractivity contribution is 0.0950. The van der Waals surface area contributed by atoms with Crippen molar-refractivity contribution >= 4 is 15.9 Å². The summed E-state index contributed by atoms with van der Waals surface area (Å²) in [4.78, 5) is 13.1. The molecule has 0 radical (unpaired) electrons. The van der Waals surface area contributed by atoms with Crippen LogP contribution in [0.5, 0.6) is 5.75 Å². The molecule has 6 nitrogen and oxygen atoms in total. The Bertz CT molecular complexity index is 1310. The largest absolute Gasteiger partial charge is 0.492 e. The molecule has 1 aliphatic rings. The molecule has 0 unspecified atom stereocenters. The van der Waals surface area contributed by atoms with Crippen LogP contribution >= 0.6 is 0 Å². The van der Waals surface area contributed by atoms with E-state index in [1.165, 1.54) is 4.31 Å². The normalized spacial score (nSPS) is 14.1. The van der Waals surface area contributed by atoms with Crippen LogP contribution < -0.4 is 10.1 Å². The van der Waals surface area contributed by atoms with E-state index in [-0.39, 0.29) is 25.6 Å². The summed E-state index contributed by atoms with van der Waals surface area (Å²) in [6.07, 6.45) is 0. The van der Waals surface area contributed by atoms with Crippen LogP contribution in [0.25, 0.3) is 0 Å². The smallest absolute Gasteiger partial charge is 0.251 e. The van der Waals surface area contributed by atoms with Gasteiger partial charge in [0.2, 0.25) is 10.0 Å². The molecule has 0 fully saturated rings. The van der Waals surface area contributed by atoms with Crippen molar-refractivity contribution in [2.24, 2.45) is 0 Å². The minimum atomic E-state index is -3.74. The number of amides is 1. The third kappa shape index (κ3) is 5.00. The van der Waals surface area contributed by atoms with Crippen molar-refractivity contribution in [2.75, 3.05) is 13.2 Å². The van der Waals surface area contributed by atoms with Crippen LogP contribution in [-0.2, 0) is 23.1 Å². The zero-order chi connectivity index (χ0) is 24.5. The Morgan fingerprint density at radius 2 is 1.62 bits per heavy atom. The van der Waals surface area contributed by atoms with Gasteiger partial charge >= 0.3 is 0 Å².